The maximum atomic E-state index is 13.6. The van der Waals surface area contributed by atoms with Crippen molar-refractivity contribution < 1.29 is 13.9 Å². The molecule has 0 radical (unpaired) electrons. The number of nitrogens with two attached hydrogens (primary N) is 2. The lowest BCUT2D eigenvalue weighted by Gasteiger charge is -2.15. The Kier molecular flexibility index (Phi) is 4.45. The van der Waals surface area contributed by atoms with Gasteiger partial charge in [-0.2, -0.15) is 0 Å². The number of hydrogen-bond donors (Lipinski definition) is 2. The monoisotopic (exact) mass is 240 g/mol. The van der Waals surface area contributed by atoms with E-state index >= 15 is 0 Å². The molecule has 2 unspecified atom stereocenters. The molecule has 0 aliphatic rings. The van der Waals surface area contributed by atoms with Crippen molar-refractivity contribution in [2.75, 3.05) is 0 Å². The van der Waals surface area contributed by atoms with Crippen molar-refractivity contribution in [3.63, 3.8) is 0 Å². The average molecular weight is 240 g/mol. The number of amides is 1. The maximum Gasteiger partial charge on any atom is 0.258 e. The Morgan fingerprint density at radius 2 is 2.18 bits per heavy atom. The van der Waals surface area contributed by atoms with Crippen LogP contribution in [0.3, 0.4) is 0 Å². The fraction of sp³-hybridized carbons (Fsp3) is 0.417. The van der Waals surface area contributed by atoms with E-state index < -0.39 is 17.8 Å². The van der Waals surface area contributed by atoms with E-state index in [4.69, 9.17) is 16.2 Å². The van der Waals surface area contributed by atoms with Gasteiger partial charge in [-0.1, -0.05) is 13.0 Å². The third kappa shape index (κ3) is 3.42. The van der Waals surface area contributed by atoms with Gasteiger partial charge in [-0.25, -0.2) is 4.39 Å². The number of carbonyl (C=O) groups is 1. The maximum absolute atomic E-state index is 13.6. The van der Waals surface area contributed by atoms with Crippen molar-refractivity contribution in [3.05, 3.63) is 29.6 Å². The summed E-state index contributed by atoms with van der Waals surface area (Å²) in [7, 11) is 0. The Morgan fingerprint density at radius 3 is 2.59 bits per heavy atom. The first-order valence-electron chi connectivity index (χ1n) is 5.46. The quantitative estimate of drug-likeness (QED) is 0.818. The smallest absolute Gasteiger partial charge is 0.258 e. The van der Waals surface area contributed by atoms with Crippen LogP contribution < -0.4 is 16.2 Å². The average Bonchev–Trinajstić information content (AvgIpc) is 2.24. The van der Waals surface area contributed by atoms with Gasteiger partial charge in [0.05, 0.1) is 0 Å². The van der Waals surface area contributed by atoms with E-state index in [1.54, 1.807) is 26.0 Å². The lowest BCUT2D eigenvalue weighted by atomic mass is 10.1. The van der Waals surface area contributed by atoms with Crippen LogP contribution in [0.15, 0.2) is 18.2 Å². The van der Waals surface area contributed by atoms with E-state index in [0.29, 0.717) is 12.0 Å². The number of primary amides is 1. The zero-order chi connectivity index (χ0) is 13.0. The molecule has 4 N–H and O–H groups in total. The number of carbonyl (C=O) groups excluding carboxylic acids is 1. The van der Waals surface area contributed by atoms with Crippen LogP contribution in [0.1, 0.15) is 31.9 Å². The largest absolute Gasteiger partial charge is 0.481 e. The second kappa shape index (κ2) is 5.63. The van der Waals surface area contributed by atoms with Crippen LogP contribution in [0, 0.1) is 5.82 Å². The van der Waals surface area contributed by atoms with Crippen LogP contribution in [0.25, 0.3) is 0 Å². The molecule has 5 heteroatoms. The number of halogens is 1. The molecule has 0 heterocycles. The van der Waals surface area contributed by atoms with Crippen molar-refractivity contribution in [3.8, 4) is 5.75 Å². The molecule has 1 aromatic rings. The fourth-order valence-corrected chi connectivity index (χ4v) is 1.46. The Balaban J connectivity index is 2.87. The van der Waals surface area contributed by atoms with Gasteiger partial charge in [0.25, 0.3) is 5.91 Å². The lowest BCUT2D eigenvalue weighted by molar-refractivity contribution is -0.124. The molecule has 1 aromatic carbocycles. The summed E-state index contributed by atoms with van der Waals surface area (Å²) in [6.07, 6.45) is -0.304. The van der Waals surface area contributed by atoms with E-state index in [0.717, 1.165) is 0 Å². The molecule has 0 aliphatic heterocycles. The summed E-state index contributed by atoms with van der Waals surface area (Å²) < 4.78 is 18.9. The third-order valence-corrected chi connectivity index (χ3v) is 2.43. The van der Waals surface area contributed by atoms with Gasteiger partial charge in [0, 0.05) is 17.7 Å². The SMILES string of the molecule is CCC(Oc1ccc(C(C)N)c(F)c1)C(N)=O. The lowest BCUT2D eigenvalue weighted by Crippen LogP contribution is -2.33. The van der Waals surface area contributed by atoms with Crippen molar-refractivity contribution in [1.82, 2.24) is 0 Å². The van der Waals surface area contributed by atoms with Crippen LogP contribution >= 0.6 is 0 Å². The second-order valence-corrected chi connectivity index (χ2v) is 3.89. The summed E-state index contributed by atoms with van der Waals surface area (Å²) >= 11 is 0. The normalized spacial score (nSPS) is 14.1. The Morgan fingerprint density at radius 1 is 1.53 bits per heavy atom. The van der Waals surface area contributed by atoms with Gasteiger partial charge in [-0.3, -0.25) is 4.79 Å². The summed E-state index contributed by atoms with van der Waals surface area (Å²) in [4.78, 5) is 11.0. The summed E-state index contributed by atoms with van der Waals surface area (Å²) in [5.41, 5.74) is 11.1. The standard InChI is InChI=1S/C12H17FN2O2/c1-3-11(12(15)16)17-8-4-5-9(7(2)14)10(13)6-8/h4-7,11H,3,14H2,1-2H3,(H2,15,16). The Hall–Kier alpha value is -1.62. The number of hydrogen-bond acceptors (Lipinski definition) is 3. The molecule has 1 amide bonds. The van der Waals surface area contributed by atoms with Crippen LogP contribution in [-0.2, 0) is 4.79 Å². The molecule has 0 aliphatic carbocycles. The minimum Gasteiger partial charge on any atom is -0.481 e. The number of benzene rings is 1. The van der Waals surface area contributed by atoms with Gasteiger partial charge in [0.1, 0.15) is 11.6 Å². The molecule has 2 atom stereocenters. The molecular weight excluding hydrogens is 223 g/mol. The van der Waals surface area contributed by atoms with Crippen LogP contribution in [0.5, 0.6) is 5.75 Å². The van der Waals surface area contributed by atoms with Crippen LogP contribution in [-0.4, -0.2) is 12.0 Å². The van der Waals surface area contributed by atoms with Gasteiger partial charge >= 0.3 is 0 Å². The zero-order valence-corrected chi connectivity index (χ0v) is 9.94. The molecule has 0 saturated heterocycles. The summed E-state index contributed by atoms with van der Waals surface area (Å²) in [5.74, 6) is -0.737. The van der Waals surface area contributed by atoms with Gasteiger partial charge in [-0.15, -0.1) is 0 Å². The topological polar surface area (TPSA) is 78.3 Å². The van der Waals surface area contributed by atoms with E-state index in [1.807, 2.05) is 0 Å². The molecule has 94 valence electrons. The minimum atomic E-state index is -0.740. The number of ether oxygens (including phenoxy) is 1. The fourth-order valence-electron chi connectivity index (χ4n) is 1.46. The van der Waals surface area contributed by atoms with Crippen LogP contribution in [0.4, 0.5) is 4.39 Å². The van der Waals surface area contributed by atoms with Gasteiger partial charge < -0.3 is 16.2 Å². The highest BCUT2D eigenvalue weighted by Crippen LogP contribution is 2.21. The van der Waals surface area contributed by atoms with Crippen LogP contribution in [0.2, 0.25) is 0 Å². The molecule has 1 rings (SSSR count). The van der Waals surface area contributed by atoms with E-state index in [9.17, 15) is 9.18 Å². The molecule has 17 heavy (non-hydrogen) atoms. The summed E-state index contributed by atoms with van der Waals surface area (Å²) in [5, 5.41) is 0. The first kappa shape index (κ1) is 13.4. The third-order valence-electron chi connectivity index (χ3n) is 2.43. The highest BCUT2D eigenvalue weighted by molar-refractivity contribution is 5.79. The molecule has 0 saturated carbocycles. The van der Waals surface area contributed by atoms with Gasteiger partial charge in [-0.05, 0) is 19.4 Å². The van der Waals surface area contributed by atoms with E-state index in [1.165, 1.54) is 6.07 Å². The number of rotatable bonds is 5. The second-order valence-electron chi connectivity index (χ2n) is 3.89. The predicted octanol–water partition coefficient (Wildman–Crippen LogP) is 1.49. The van der Waals surface area contributed by atoms with Gasteiger partial charge in [0.2, 0.25) is 0 Å². The molecular formula is C12H17FN2O2. The zero-order valence-electron chi connectivity index (χ0n) is 9.94. The van der Waals surface area contributed by atoms with Gasteiger partial charge in [0.15, 0.2) is 6.10 Å². The highest BCUT2D eigenvalue weighted by atomic mass is 19.1. The highest BCUT2D eigenvalue weighted by Gasteiger charge is 2.16. The first-order chi connectivity index (χ1) is 7.95. The van der Waals surface area contributed by atoms with Crippen molar-refractivity contribution in [2.24, 2.45) is 11.5 Å². The molecule has 0 bridgehead atoms. The Labute approximate surface area is 99.7 Å². The first-order valence-corrected chi connectivity index (χ1v) is 5.46. The van der Waals surface area contributed by atoms with E-state index in [-0.39, 0.29) is 11.8 Å². The molecule has 0 spiro atoms. The summed E-state index contributed by atoms with van der Waals surface area (Å²) in [6.45, 7) is 3.46. The molecule has 4 nitrogen and oxygen atoms in total. The van der Waals surface area contributed by atoms with Crippen molar-refractivity contribution in [2.45, 2.75) is 32.4 Å². The summed E-state index contributed by atoms with van der Waals surface area (Å²) in [6, 6.07) is 3.95. The minimum absolute atomic E-state index is 0.276. The predicted molar refractivity (Wildman–Crippen MR) is 62.9 cm³/mol. The molecule has 0 aromatic heterocycles. The molecule has 0 fully saturated rings. The van der Waals surface area contributed by atoms with Crippen molar-refractivity contribution >= 4 is 5.91 Å². The van der Waals surface area contributed by atoms with E-state index in [2.05, 4.69) is 0 Å². The van der Waals surface area contributed by atoms with Crippen molar-refractivity contribution in [1.29, 1.82) is 0 Å². The Bertz CT molecular complexity index is 407.